The molecule has 124 valence electrons. The molecule has 2 aliphatic rings. The second-order valence-corrected chi connectivity index (χ2v) is 6.64. The molecule has 0 amide bonds. The van der Waals surface area contributed by atoms with Crippen LogP contribution in [0.2, 0.25) is 0 Å². The first-order valence-corrected chi connectivity index (χ1v) is 9.07. The van der Waals surface area contributed by atoms with Crippen molar-refractivity contribution in [3.05, 3.63) is 0 Å². The molecule has 2 saturated heterocycles. The van der Waals surface area contributed by atoms with Crippen molar-refractivity contribution >= 4 is 0 Å². The van der Waals surface area contributed by atoms with E-state index in [0.29, 0.717) is 6.04 Å². The molecule has 2 fully saturated rings. The molecular weight excluding hydrogens is 262 g/mol. The lowest BCUT2D eigenvalue weighted by atomic mass is 10.1. The van der Waals surface area contributed by atoms with Crippen LogP contribution in [0, 0.1) is 0 Å². The summed E-state index contributed by atoms with van der Waals surface area (Å²) in [5, 5.41) is 3.58. The topological polar surface area (TPSA) is 27.7 Å². The van der Waals surface area contributed by atoms with Crippen LogP contribution in [0.3, 0.4) is 0 Å². The van der Waals surface area contributed by atoms with Crippen LogP contribution in [0.1, 0.15) is 46.0 Å². The Labute approximate surface area is 131 Å². The minimum absolute atomic E-state index is 0.659. The van der Waals surface area contributed by atoms with E-state index in [0.717, 1.165) is 38.8 Å². The van der Waals surface area contributed by atoms with Crippen LogP contribution in [0.4, 0.5) is 0 Å². The van der Waals surface area contributed by atoms with Gasteiger partial charge in [-0.2, -0.15) is 0 Å². The standard InChI is InChI=1S/C17H35N3O/c1-3-21-13-7-9-18-14-16(2)20-12-8-17(15-20)19-10-5-4-6-11-19/h16-18H,3-15H2,1-2H3. The zero-order chi connectivity index (χ0) is 14.9. The Kier molecular flexibility index (Phi) is 8.01. The third-order valence-corrected chi connectivity index (χ3v) is 5.01. The Bertz CT molecular complexity index is 269. The van der Waals surface area contributed by atoms with E-state index in [1.54, 1.807) is 0 Å². The van der Waals surface area contributed by atoms with E-state index in [4.69, 9.17) is 4.74 Å². The summed E-state index contributed by atoms with van der Waals surface area (Å²) in [5.41, 5.74) is 0. The summed E-state index contributed by atoms with van der Waals surface area (Å²) in [6, 6.07) is 1.48. The summed E-state index contributed by atoms with van der Waals surface area (Å²) in [4.78, 5) is 5.42. The fourth-order valence-electron chi connectivity index (χ4n) is 3.63. The summed E-state index contributed by atoms with van der Waals surface area (Å²) in [6.07, 6.45) is 6.75. The molecule has 0 radical (unpaired) electrons. The molecule has 0 spiro atoms. The minimum atomic E-state index is 0.659. The van der Waals surface area contributed by atoms with Crippen molar-refractivity contribution in [1.29, 1.82) is 0 Å². The van der Waals surface area contributed by atoms with Gasteiger partial charge in [0, 0.05) is 44.9 Å². The fraction of sp³-hybridized carbons (Fsp3) is 1.00. The molecule has 0 aromatic rings. The molecule has 2 heterocycles. The van der Waals surface area contributed by atoms with Gasteiger partial charge >= 0.3 is 0 Å². The van der Waals surface area contributed by atoms with Gasteiger partial charge in [0.1, 0.15) is 0 Å². The average molecular weight is 297 g/mol. The number of hydrogen-bond acceptors (Lipinski definition) is 4. The molecule has 0 aliphatic carbocycles. The van der Waals surface area contributed by atoms with Crippen molar-refractivity contribution in [2.45, 2.75) is 58.0 Å². The van der Waals surface area contributed by atoms with Crippen LogP contribution < -0.4 is 5.32 Å². The van der Waals surface area contributed by atoms with Gasteiger partial charge in [0.25, 0.3) is 0 Å². The second kappa shape index (κ2) is 9.78. The molecule has 2 aliphatic heterocycles. The Morgan fingerprint density at radius 1 is 1.19 bits per heavy atom. The number of ether oxygens (including phenoxy) is 1. The molecule has 4 heteroatoms. The van der Waals surface area contributed by atoms with Crippen molar-refractivity contribution in [3.63, 3.8) is 0 Å². The Hall–Kier alpha value is -0.160. The Morgan fingerprint density at radius 2 is 2.00 bits per heavy atom. The zero-order valence-electron chi connectivity index (χ0n) is 14.1. The summed E-state index contributed by atoms with van der Waals surface area (Å²) in [5.74, 6) is 0. The van der Waals surface area contributed by atoms with Gasteiger partial charge in [0.2, 0.25) is 0 Å². The fourth-order valence-corrected chi connectivity index (χ4v) is 3.63. The monoisotopic (exact) mass is 297 g/mol. The third kappa shape index (κ3) is 5.85. The molecule has 2 atom stereocenters. The average Bonchev–Trinajstić information content (AvgIpc) is 3.01. The van der Waals surface area contributed by atoms with Crippen LogP contribution in [-0.2, 0) is 4.74 Å². The van der Waals surface area contributed by atoms with Crippen molar-refractivity contribution in [3.8, 4) is 0 Å². The highest BCUT2D eigenvalue weighted by molar-refractivity contribution is 4.87. The number of nitrogens with one attached hydrogen (secondary N) is 1. The highest BCUT2D eigenvalue weighted by Gasteiger charge is 2.30. The smallest absolute Gasteiger partial charge is 0.0477 e. The van der Waals surface area contributed by atoms with E-state index >= 15 is 0 Å². The maximum Gasteiger partial charge on any atom is 0.0477 e. The Morgan fingerprint density at radius 3 is 2.76 bits per heavy atom. The van der Waals surface area contributed by atoms with Crippen LogP contribution >= 0.6 is 0 Å². The molecule has 4 nitrogen and oxygen atoms in total. The van der Waals surface area contributed by atoms with E-state index in [1.807, 2.05) is 0 Å². The summed E-state index contributed by atoms with van der Waals surface area (Å²) >= 11 is 0. The number of hydrogen-bond donors (Lipinski definition) is 1. The maximum atomic E-state index is 5.37. The van der Waals surface area contributed by atoms with Gasteiger partial charge in [0.05, 0.1) is 0 Å². The molecular formula is C17H35N3O. The second-order valence-electron chi connectivity index (χ2n) is 6.64. The molecule has 0 aromatic heterocycles. The van der Waals surface area contributed by atoms with Gasteiger partial charge in [-0.05, 0) is 59.2 Å². The van der Waals surface area contributed by atoms with E-state index < -0.39 is 0 Å². The molecule has 2 unspecified atom stereocenters. The normalized spacial score (nSPS) is 26.3. The van der Waals surface area contributed by atoms with Gasteiger partial charge in [-0.3, -0.25) is 9.80 Å². The number of likely N-dealkylation sites (tertiary alicyclic amines) is 2. The van der Waals surface area contributed by atoms with Crippen molar-refractivity contribution < 1.29 is 4.74 Å². The zero-order valence-corrected chi connectivity index (χ0v) is 14.1. The van der Waals surface area contributed by atoms with Crippen LogP contribution in [0.15, 0.2) is 0 Å². The highest BCUT2D eigenvalue weighted by atomic mass is 16.5. The van der Waals surface area contributed by atoms with Gasteiger partial charge in [-0.25, -0.2) is 0 Å². The lowest BCUT2D eigenvalue weighted by Gasteiger charge is -2.33. The molecule has 0 bridgehead atoms. The van der Waals surface area contributed by atoms with Gasteiger partial charge in [0.15, 0.2) is 0 Å². The minimum Gasteiger partial charge on any atom is -0.382 e. The largest absolute Gasteiger partial charge is 0.382 e. The number of piperidine rings is 1. The molecule has 2 rings (SSSR count). The van der Waals surface area contributed by atoms with Gasteiger partial charge in [-0.15, -0.1) is 0 Å². The van der Waals surface area contributed by atoms with E-state index in [-0.39, 0.29) is 0 Å². The SMILES string of the molecule is CCOCCCNCC(C)N1CCC(N2CCCCC2)C1. The van der Waals surface area contributed by atoms with E-state index in [2.05, 4.69) is 29.0 Å². The van der Waals surface area contributed by atoms with Crippen molar-refractivity contribution in [2.75, 3.05) is 52.5 Å². The number of rotatable bonds is 9. The van der Waals surface area contributed by atoms with Crippen molar-refractivity contribution in [1.82, 2.24) is 15.1 Å². The van der Waals surface area contributed by atoms with Crippen LogP contribution in [-0.4, -0.2) is 74.4 Å². The van der Waals surface area contributed by atoms with Crippen LogP contribution in [0.25, 0.3) is 0 Å². The van der Waals surface area contributed by atoms with Crippen molar-refractivity contribution in [2.24, 2.45) is 0 Å². The molecule has 0 saturated carbocycles. The van der Waals surface area contributed by atoms with Crippen LogP contribution in [0.5, 0.6) is 0 Å². The first kappa shape index (κ1) is 17.2. The van der Waals surface area contributed by atoms with Gasteiger partial charge < -0.3 is 10.1 Å². The lowest BCUT2D eigenvalue weighted by Crippen LogP contribution is -2.44. The lowest BCUT2D eigenvalue weighted by molar-refractivity contribution is 0.142. The highest BCUT2D eigenvalue weighted by Crippen LogP contribution is 2.21. The predicted octanol–water partition coefficient (Wildman–Crippen LogP) is 1.95. The maximum absolute atomic E-state index is 5.37. The number of nitrogens with zero attached hydrogens (tertiary/aromatic N) is 2. The summed E-state index contributed by atoms with van der Waals surface area (Å²) < 4.78 is 5.37. The van der Waals surface area contributed by atoms with E-state index in [9.17, 15) is 0 Å². The quantitative estimate of drug-likeness (QED) is 0.658. The predicted molar refractivity (Wildman–Crippen MR) is 88.8 cm³/mol. The molecule has 1 N–H and O–H groups in total. The first-order valence-electron chi connectivity index (χ1n) is 9.07. The van der Waals surface area contributed by atoms with E-state index in [1.165, 1.54) is 51.9 Å². The molecule has 21 heavy (non-hydrogen) atoms. The summed E-state index contributed by atoms with van der Waals surface area (Å²) in [6.45, 7) is 13.6. The van der Waals surface area contributed by atoms with Gasteiger partial charge in [-0.1, -0.05) is 6.42 Å². The third-order valence-electron chi connectivity index (χ3n) is 5.01. The first-order chi connectivity index (χ1) is 10.3. The summed E-state index contributed by atoms with van der Waals surface area (Å²) in [7, 11) is 0. The Balaban J connectivity index is 1.57. The molecule has 0 aromatic carbocycles.